The predicted octanol–water partition coefficient (Wildman–Crippen LogP) is -2.55. The second kappa shape index (κ2) is 15.4. The van der Waals surface area contributed by atoms with Gasteiger partial charge in [-0.1, -0.05) is 13.8 Å². The van der Waals surface area contributed by atoms with Crippen LogP contribution in [0.1, 0.15) is 46.0 Å². The molecule has 0 rings (SSSR count). The van der Waals surface area contributed by atoms with Gasteiger partial charge in [0.2, 0.25) is 17.7 Å². The number of amides is 3. The van der Waals surface area contributed by atoms with Crippen LogP contribution in [0.3, 0.4) is 0 Å². The maximum absolute atomic E-state index is 12.6. The average Bonchev–Trinajstić information content (AvgIpc) is 2.70. The van der Waals surface area contributed by atoms with Gasteiger partial charge in [-0.15, -0.1) is 0 Å². The summed E-state index contributed by atoms with van der Waals surface area (Å²) in [7, 11) is 0. The van der Waals surface area contributed by atoms with Crippen LogP contribution < -0.4 is 33.2 Å². The number of carboxylic acid groups (broad SMARTS) is 2. The standard InChI is InChI=1S/C19H35N7O7/c1-10(2)8-13(18(32)33)25-14(27)9-24-17(31)12(4-3-7-23-19(21)22)26-16(30)11(20)5-6-15(28)29/h10-13H,3-9,20H2,1-2H3,(H,24,31)(H,25,27)(H,26,30)(H,28,29)(H,32,33)(H4,21,22,23). The van der Waals surface area contributed by atoms with Crippen molar-refractivity contribution >= 4 is 35.6 Å². The van der Waals surface area contributed by atoms with Gasteiger partial charge in [-0.2, -0.15) is 0 Å². The minimum atomic E-state index is -1.19. The van der Waals surface area contributed by atoms with Crippen LogP contribution in [0.15, 0.2) is 4.99 Å². The molecule has 3 atom stereocenters. The largest absolute Gasteiger partial charge is 0.481 e. The van der Waals surface area contributed by atoms with Crippen LogP contribution in [0.2, 0.25) is 0 Å². The molecule has 0 bridgehead atoms. The van der Waals surface area contributed by atoms with E-state index in [0.717, 1.165) is 0 Å². The molecule has 0 aliphatic rings. The van der Waals surface area contributed by atoms with E-state index in [0.29, 0.717) is 6.42 Å². The van der Waals surface area contributed by atoms with E-state index < -0.39 is 54.3 Å². The second-order valence-electron chi connectivity index (χ2n) is 7.85. The number of rotatable bonds is 16. The van der Waals surface area contributed by atoms with Gasteiger partial charge in [0.05, 0.1) is 12.6 Å². The van der Waals surface area contributed by atoms with Gasteiger partial charge in [-0.3, -0.25) is 24.2 Å². The fourth-order valence-corrected chi connectivity index (χ4v) is 2.69. The van der Waals surface area contributed by atoms with E-state index in [1.54, 1.807) is 13.8 Å². The van der Waals surface area contributed by atoms with Gasteiger partial charge < -0.3 is 43.4 Å². The van der Waals surface area contributed by atoms with Crippen molar-refractivity contribution in [3.63, 3.8) is 0 Å². The summed E-state index contributed by atoms with van der Waals surface area (Å²) < 4.78 is 0. The Kier molecular flexibility index (Phi) is 13.8. The number of guanidine groups is 1. The minimum absolute atomic E-state index is 0.0242. The van der Waals surface area contributed by atoms with Gasteiger partial charge in [0.15, 0.2) is 5.96 Å². The Morgan fingerprint density at radius 2 is 1.58 bits per heavy atom. The van der Waals surface area contributed by atoms with Crippen LogP contribution in [0, 0.1) is 5.92 Å². The summed E-state index contributed by atoms with van der Waals surface area (Å²) in [5.41, 5.74) is 16.2. The van der Waals surface area contributed by atoms with Crippen molar-refractivity contribution in [3.8, 4) is 0 Å². The molecule has 0 aromatic carbocycles. The number of hydrogen-bond acceptors (Lipinski definition) is 7. The molecule has 11 N–H and O–H groups in total. The highest BCUT2D eigenvalue weighted by Crippen LogP contribution is 2.05. The van der Waals surface area contributed by atoms with E-state index in [-0.39, 0.29) is 44.1 Å². The first-order valence-corrected chi connectivity index (χ1v) is 10.5. The summed E-state index contributed by atoms with van der Waals surface area (Å²) in [4.78, 5) is 62.6. The molecule has 14 heteroatoms. The Morgan fingerprint density at radius 1 is 0.939 bits per heavy atom. The normalized spacial score (nSPS) is 13.3. The van der Waals surface area contributed by atoms with E-state index in [4.69, 9.17) is 22.3 Å². The average molecular weight is 474 g/mol. The van der Waals surface area contributed by atoms with Gasteiger partial charge in [-0.25, -0.2) is 4.79 Å². The predicted molar refractivity (Wildman–Crippen MR) is 119 cm³/mol. The number of carbonyl (C=O) groups excluding carboxylic acids is 3. The summed E-state index contributed by atoms with van der Waals surface area (Å²) in [5, 5.41) is 25.0. The number of aliphatic carboxylic acids is 2. The zero-order chi connectivity index (χ0) is 25.6. The molecule has 188 valence electrons. The number of aliphatic imine (C=N–C) groups is 1. The van der Waals surface area contributed by atoms with Crippen LogP contribution >= 0.6 is 0 Å². The molecule has 0 fully saturated rings. The van der Waals surface area contributed by atoms with E-state index in [9.17, 15) is 29.1 Å². The second-order valence-corrected chi connectivity index (χ2v) is 7.85. The molecule has 0 radical (unpaired) electrons. The number of hydrogen-bond donors (Lipinski definition) is 8. The number of nitrogens with zero attached hydrogens (tertiary/aromatic N) is 1. The topological polar surface area (TPSA) is 252 Å². The Bertz CT molecular complexity index is 723. The summed E-state index contributed by atoms with van der Waals surface area (Å²) >= 11 is 0. The molecule has 0 saturated heterocycles. The summed E-state index contributed by atoms with van der Waals surface area (Å²) in [6.07, 6.45) is 0.178. The van der Waals surface area contributed by atoms with Crippen molar-refractivity contribution < 1.29 is 34.2 Å². The van der Waals surface area contributed by atoms with Crippen molar-refractivity contribution in [2.75, 3.05) is 13.1 Å². The number of nitrogens with two attached hydrogens (primary N) is 3. The molecule has 3 unspecified atom stereocenters. The lowest BCUT2D eigenvalue weighted by Gasteiger charge is -2.21. The highest BCUT2D eigenvalue weighted by Gasteiger charge is 2.25. The van der Waals surface area contributed by atoms with Gasteiger partial charge in [0.25, 0.3) is 0 Å². The molecule has 0 aliphatic carbocycles. The highest BCUT2D eigenvalue weighted by atomic mass is 16.4. The lowest BCUT2D eigenvalue weighted by molar-refractivity contribution is -0.142. The maximum atomic E-state index is 12.6. The highest BCUT2D eigenvalue weighted by molar-refractivity contribution is 5.92. The third-order valence-corrected chi connectivity index (χ3v) is 4.35. The van der Waals surface area contributed by atoms with Crippen molar-refractivity contribution in [1.82, 2.24) is 16.0 Å². The first-order chi connectivity index (χ1) is 15.3. The van der Waals surface area contributed by atoms with Gasteiger partial charge in [-0.05, 0) is 31.6 Å². The molecule has 0 aromatic heterocycles. The third-order valence-electron chi connectivity index (χ3n) is 4.35. The smallest absolute Gasteiger partial charge is 0.326 e. The van der Waals surface area contributed by atoms with Crippen LogP contribution in [0.25, 0.3) is 0 Å². The van der Waals surface area contributed by atoms with Crippen LogP contribution in [-0.2, 0) is 24.0 Å². The first kappa shape index (κ1) is 29.6. The lowest BCUT2D eigenvalue weighted by Crippen LogP contribution is -2.53. The van der Waals surface area contributed by atoms with Crippen molar-refractivity contribution in [2.45, 2.75) is 64.1 Å². The lowest BCUT2D eigenvalue weighted by atomic mass is 10.0. The Labute approximate surface area is 191 Å². The summed E-state index contributed by atoms with van der Waals surface area (Å²) in [6, 6.07) is -3.34. The van der Waals surface area contributed by atoms with Gasteiger partial charge in [0, 0.05) is 13.0 Å². The molecule has 0 aromatic rings. The van der Waals surface area contributed by atoms with Crippen molar-refractivity contribution in [2.24, 2.45) is 28.1 Å². The fraction of sp³-hybridized carbons (Fsp3) is 0.684. The zero-order valence-electron chi connectivity index (χ0n) is 18.9. The molecule has 14 nitrogen and oxygen atoms in total. The molecular formula is C19H35N7O7. The first-order valence-electron chi connectivity index (χ1n) is 10.5. The molecular weight excluding hydrogens is 438 g/mol. The zero-order valence-corrected chi connectivity index (χ0v) is 18.9. The van der Waals surface area contributed by atoms with E-state index in [1.807, 2.05) is 0 Å². The Balaban J connectivity index is 4.99. The SMILES string of the molecule is CC(C)CC(NC(=O)CNC(=O)C(CCCN=C(N)N)NC(=O)C(N)CCC(=O)O)C(=O)O. The number of carboxylic acids is 2. The van der Waals surface area contributed by atoms with Crippen LogP contribution in [0.5, 0.6) is 0 Å². The minimum Gasteiger partial charge on any atom is -0.481 e. The molecule has 0 saturated carbocycles. The van der Waals surface area contributed by atoms with Crippen LogP contribution in [0.4, 0.5) is 0 Å². The molecule has 0 aliphatic heterocycles. The van der Waals surface area contributed by atoms with Crippen molar-refractivity contribution in [1.29, 1.82) is 0 Å². The summed E-state index contributed by atoms with van der Waals surface area (Å²) in [6.45, 7) is 3.29. The third kappa shape index (κ3) is 14.3. The number of nitrogens with one attached hydrogen (secondary N) is 3. The summed E-state index contributed by atoms with van der Waals surface area (Å²) in [5.74, 6) is -4.57. The monoisotopic (exact) mass is 473 g/mol. The number of carbonyl (C=O) groups is 5. The van der Waals surface area contributed by atoms with E-state index in [1.165, 1.54) is 0 Å². The molecule has 33 heavy (non-hydrogen) atoms. The fourth-order valence-electron chi connectivity index (χ4n) is 2.69. The van der Waals surface area contributed by atoms with Crippen LogP contribution in [-0.4, -0.2) is 77.0 Å². The van der Waals surface area contributed by atoms with E-state index >= 15 is 0 Å². The molecule has 0 heterocycles. The quantitative estimate of drug-likeness (QED) is 0.0661. The van der Waals surface area contributed by atoms with Gasteiger partial charge in [0.1, 0.15) is 12.1 Å². The molecule has 3 amide bonds. The molecule has 0 spiro atoms. The van der Waals surface area contributed by atoms with Gasteiger partial charge >= 0.3 is 11.9 Å². The van der Waals surface area contributed by atoms with Crippen molar-refractivity contribution in [3.05, 3.63) is 0 Å². The van der Waals surface area contributed by atoms with E-state index in [2.05, 4.69) is 20.9 Å². The Hall–Kier alpha value is -3.42. The Morgan fingerprint density at radius 3 is 2.09 bits per heavy atom. The maximum Gasteiger partial charge on any atom is 0.326 e.